The lowest BCUT2D eigenvalue weighted by molar-refractivity contribution is -0.0889. The summed E-state index contributed by atoms with van der Waals surface area (Å²) in [6, 6.07) is 7.81. The Bertz CT molecular complexity index is 596. The summed E-state index contributed by atoms with van der Waals surface area (Å²) in [6.07, 6.45) is 3.72. The maximum Gasteiger partial charge on any atom is 0.126 e. The number of hydrogen-bond donors (Lipinski definition) is 0. The Morgan fingerprint density at radius 1 is 1.14 bits per heavy atom. The molecule has 3 rings (SSSR count). The number of fused-ring (bicyclic) bond motifs is 2. The summed E-state index contributed by atoms with van der Waals surface area (Å²) in [7, 11) is 2.75. The second kappa shape index (κ2) is 4.49. The van der Waals surface area contributed by atoms with E-state index >= 15 is 0 Å². The van der Waals surface area contributed by atoms with E-state index in [0.717, 1.165) is 15.3 Å². The summed E-state index contributed by atoms with van der Waals surface area (Å²) in [5.41, 5.74) is 5.28. The molecule has 2 heteroatoms. The van der Waals surface area contributed by atoms with Crippen molar-refractivity contribution in [2.24, 2.45) is 10.8 Å². The van der Waals surface area contributed by atoms with Gasteiger partial charge in [-0.05, 0) is 34.9 Å². The van der Waals surface area contributed by atoms with Crippen molar-refractivity contribution in [1.82, 2.24) is 0 Å². The van der Waals surface area contributed by atoms with Crippen molar-refractivity contribution in [3.63, 3.8) is 0 Å². The predicted octanol–water partition coefficient (Wildman–Crippen LogP) is 4.96. The molecule has 0 amide bonds. The normalized spacial score (nSPS) is 23.4. The van der Waals surface area contributed by atoms with Crippen molar-refractivity contribution in [2.75, 3.05) is 7.11 Å². The predicted molar refractivity (Wildman–Crippen MR) is 91.3 cm³/mol. The Balaban J connectivity index is 2.28. The summed E-state index contributed by atoms with van der Waals surface area (Å²) >= 11 is 0. The van der Waals surface area contributed by atoms with Crippen molar-refractivity contribution in [3.8, 4) is 5.75 Å². The zero-order valence-corrected chi connectivity index (χ0v) is 15.1. The van der Waals surface area contributed by atoms with Gasteiger partial charge in [0.2, 0.25) is 0 Å². The molecule has 0 unspecified atom stereocenters. The fourth-order valence-corrected chi connectivity index (χ4v) is 6.55. The van der Waals surface area contributed by atoms with Crippen LogP contribution in [-0.2, 0) is 5.41 Å². The zero-order chi connectivity index (χ0) is 15.5. The minimum atomic E-state index is 0.187. The first-order valence-electron chi connectivity index (χ1n) is 7.85. The van der Waals surface area contributed by atoms with Crippen LogP contribution in [0.1, 0.15) is 45.2 Å². The fraction of sp³-hybridized carbons (Fsp3) is 0.579. The van der Waals surface area contributed by atoms with E-state index in [9.17, 15) is 0 Å². The topological polar surface area (TPSA) is 9.23 Å². The highest BCUT2D eigenvalue weighted by Gasteiger charge is 2.68. The first-order chi connectivity index (χ1) is 9.81. The molecule has 0 N–H and O–H groups in total. The Kier molecular flexibility index (Phi) is 3.18. The van der Waals surface area contributed by atoms with E-state index in [4.69, 9.17) is 4.74 Å². The molecule has 2 aliphatic carbocycles. The van der Waals surface area contributed by atoms with Crippen LogP contribution in [0, 0.1) is 10.8 Å². The van der Waals surface area contributed by atoms with Gasteiger partial charge in [-0.1, -0.05) is 58.0 Å². The van der Waals surface area contributed by atoms with Crippen LogP contribution in [0.5, 0.6) is 5.75 Å². The van der Waals surface area contributed by atoms with Gasteiger partial charge < -0.3 is 4.74 Å². The molecule has 112 valence electrons. The lowest BCUT2D eigenvalue weighted by Gasteiger charge is -2.68. The largest absolute Gasteiger partial charge is 0.496 e. The SMILES string of the molecule is COc1cccc2c1C=C(C[Si]C)C21C(C)(C)CC1(C)C. The molecule has 0 aromatic heterocycles. The highest BCUT2D eigenvalue weighted by Crippen LogP contribution is 2.74. The Morgan fingerprint density at radius 3 is 2.33 bits per heavy atom. The van der Waals surface area contributed by atoms with Crippen molar-refractivity contribution < 1.29 is 4.74 Å². The van der Waals surface area contributed by atoms with Crippen LogP contribution in [0.25, 0.3) is 6.08 Å². The van der Waals surface area contributed by atoms with Gasteiger partial charge in [0.1, 0.15) is 5.75 Å². The molecule has 0 heterocycles. The van der Waals surface area contributed by atoms with Crippen molar-refractivity contribution in [3.05, 3.63) is 34.9 Å². The fourth-order valence-electron chi connectivity index (χ4n) is 5.81. The van der Waals surface area contributed by atoms with Gasteiger partial charge >= 0.3 is 0 Å². The van der Waals surface area contributed by atoms with Gasteiger partial charge in [0, 0.05) is 20.5 Å². The van der Waals surface area contributed by atoms with Gasteiger partial charge in [0.25, 0.3) is 0 Å². The van der Waals surface area contributed by atoms with Crippen LogP contribution < -0.4 is 4.74 Å². The minimum Gasteiger partial charge on any atom is -0.496 e. The maximum absolute atomic E-state index is 5.64. The first kappa shape index (κ1) is 14.9. The third kappa shape index (κ3) is 1.63. The van der Waals surface area contributed by atoms with Crippen molar-refractivity contribution in [2.45, 2.75) is 52.1 Å². The molecule has 21 heavy (non-hydrogen) atoms. The molecular weight excluding hydrogens is 272 g/mol. The first-order valence-corrected chi connectivity index (χ1v) is 9.56. The van der Waals surface area contributed by atoms with Crippen molar-refractivity contribution >= 4 is 15.6 Å². The number of hydrogen-bond acceptors (Lipinski definition) is 1. The van der Waals surface area contributed by atoms with Gasteiger partial charge in [0.05, 0.1) is 7.11 Å². The van der Waals surface area contributed by atoms with Gasteiger partial charge in [0.15, 0.2) is 0 Å². The Morgan fingerprint density at radius 2 is 1.81 bits per heavy atom. The third-order valence-corrected chi connectivity index (χ3v) is 6.51. The average molecular weight is 299 g/mol. The molecular formula is C19H26OSi. The lowest BCUT2D eigenvalue weighted by atomic mass is 9.35. The summed E-state index contributed by atoms with van der Waals surface area (Å²) in [6.45, 7) is 12.1. The zero-order valence-electron chi connectivity index (χ0n) is 14.1. The number of methoxy groups -OCH3 is 1. The molecule has 0 bridgehead atoms. The molecule has 1 aromatic carbocycles. The molecule has 0 aliphatic heterocycles. The van der Waals surface area contributed by atoms with E-state index in [1.165, 1.54) is 23.6 Å². The molecule has 1 fully saturated rings. The Hall–Kier alpha value is -1.02. The standard InChI is InChI=1S/C19H26OSi/c1-17(2)12-18(3,4)19(17)13(11-21-6)10-14-15(19)8-7-9-16(14)20-5/h7-10H,11-12H2,1-6H3. The van der Waals surface area contributed by atoms with Gasteiger partial charge in [-0.3, -0.25) is 0 Å². The van der Waals surface area contributed by atoms with Crippen LogP contribution in [0.15, 0.2) is 23.8 Å². The summed E-state index contributed by atoms with van der Waals surface area (Å²) < 4.78 is 5.64. The summed E-state index contributed by atoms with van der Waals surface area (Å²) in [5.74, 6) is 1.03. The quantitative estimate of drug-likeness (QED) is 0.717. The molecule has 0 atom stereocenters. The van der Waals surface area contributed by atoms with Gasteiger partial charge in [-0.15, -0.1) is 0 Å². The summed E-state index contributed by atoms with van der Waals surface area (Å²) in [4.78, 5) is 0. The highest BCUT2D eigenvalue weighted by molar-refractivity contribution is 6.34. The maximum atomic E-state index is 5.64. The molecule has 1 nitrogen and oxygen atoms in total. The minimum absolute atomic E-state index is 0.187. The average Bonchev–Trinajstić information content (AvgIpc) is 2.74. The Labute approximate surface area is 131 Å². The lowest BCUT2D eigenvalue weighted by Crippen LogP contribution is -2.64. The second-order valence-corrected chi connectivity index (χ2v) is 8.88. The van der Waals surface area contributed by atoms with E-state index in [2.05, 4.69) is 58.5 Å². The van der Waals surface area contributed by atoms with E-state index in [1.54, 1.807) is 12.7 Å². The van der Waals surface area contributed by atoms with Crippen LogP contribution in [0.4, 0.5) is 0 Å². The number of rotatable bonds is 3. The van der Waals surface area contributed by atoms with Crippen LogP contribution in [0.3, 0.4) is 0 Å². The van der Waals surface area contributed by atoms with Crippen LogP contribution in [0.2, 0.25) is 12.6 Å². The monoisotopic (exact) mass is 298 g/mol. The van der Waals surface area contributed by atoms with E-state index < -0.39 is 0 Å². The number of allylic oxidation sites excluding steroid dienone is 1. The molecule has 0 saturated heterocycles. The molecule has 1 spiro atoms. The van der Waals surface area contributed by atoms with Gasteiger partial charge in [-0.25, -0.2) is 0 Å². The molecule has 1 saturated carbocycles. The molecule has 2 aliphatic rings. The summed E-state index contributed by atoms with van der Waals surface area (Å²) in [5, 5.41) is 0. The third-order valence-electron chi connectivity index (χ3n) is 5.77. The van der Waals surface area contributed by atoms with Crippen LogP contribution >= 0.6 is 0 Å². The second-order valence-electron chi connectivity index (χ2n) is 7.82. The van der Waals surface area contributed by atoms with Crippen molar-refractivity contribution in [1.29, 1.82) is 0 Å². The van der Waals surface area contributed by atoms with Gasteiger partial charge in [-0.2, -0.15) is 0 Å². The van der Waals surface area contributed by atoms with E-state index in [0.29, 0.717) is 10.8 Å². The number of ether oxygens (including phenoxy) is 1. The van der Waals surface area contributed by atoms with E-state index in [-0.39, 0.29) is 5.41 Å². The molecule has 1 aromatic rings. The van der Waals surface area contributed by atoms with E-state index in [1.807, 2.05) is 0 Å². The molecule has 2 radical (unpaired) electrons. The van der Waals surface area contributed by atoms with Crippen LogP contribution in [-0.4, -0.2) is 16.6 Å². The smallest absolute Gasteiger partial charge is 0.126 e. The highest BCUT2D eigenvalue weighted by atomic mass is 28.2. The number of benzene rings is 1.